The summed E-state index contributed by atoms with van der Waals surface area (Å²) < 4.78 is 5.00. The van der Waals surface area contributed by atoms with Crippen LogP contribution in [0.3, 0.4) is 0 Å². The summed E-state index contributed by atoms with van der Waals surface area (Å²) in [6.07, 6.45) is 0.814. The third kappa shape index (κ3) is 4.69. The van der Waals surface area contributed by atoms with Gasteiger partial charge in [-0.1, -0.05) is 23.5 Å². The van der Waals surface area contributed by atoms with Crippen LogP contribution in [-0.4, -0.2) is 44.7 Å². The minimum absolute atomic E-state index is 0.0221. The fraction of sp³-hybridized carbons (Fsp3) is 0.438. The van der Waals surface area contributed by atoms with Gasteiger partial charge < -0.3 is 15.4 Å². The van der Waals surface area contributed by atoms with Crippen LogP contribution in [0.1, 0.15) is 27.9 Å². The van der Waals surface area contributed by atoms with Crippen LogP contribution >= 0.6 is 0 Å². The van der Waals surface area contributed by atoms with Gasteiger partial charge in [0.15, 0.2) is 0 Å². The van der Waals surface area contributed by atoms with E-state index in [1.54, 1.807) is 19.1 Å². The van der Waals surface area contributed by atoms with Crippen molar-refractivity contribution in [2.24, 2.45) is 5.73 Å². The summed E-state index contributed by atoms with van der Waals surface area (Å²) in [7, 11) is 3.45. The molecule has 0 atom stereocenters. The molecule has 0 bridgehead atoms. The number of rotatable bonds is 5. The number of benzene rings is 1. The predicted molar refractivity (Wildman–Crippen MR) is 80.6 cm³/mol. The van der Waals surface area contributed by atoms with Crippen molar-refractivity contribution in [1.29, 1.82) is 0 Å². The van der Waals surface area contributed by atoms with Crippen molar-refractivity contribution in [3.05, 3.63) is 34.9 Å². The summed E-state index contributed by atoms with van der Waals surface area (Å²) in [5, 5.41) is 0. The zero-order valence-corrected chi connectivity index (χ0v) is 12.4. The first-order valence-electron chi connectivity index (χ1n) is 6.64. The van der Waals surface area contributed by atoms with Crippen molar-refractivity contribution in [3.8, 4) is 11.8 Å². The second-order valence-corrected chi connectivity index (χ2v) is 4.63. The predicted octanol–water partition coefficient (Wildman–Crippen LogP) is 1.41. The molecule has 4 heteroatoms. The SMILES string of the molecule is COCCCN(C)C(=O)c1cc(C)ccc1C#CCN. The Balaban J connectivity index is 2.92. The van der Waals surface area contributed by atoms with Gasteiger partial charge in [-0.3, -0.25) is 4.79 Å². The van der Waals surface area contributed by atoms with E-state index in [2.05, 4.69) is 11.8 Å². The maximum atomic E-state index is 12.5. The van der Waals surface area contributed by atoms with Crippen molar-refractivity contribution >= 4 is 5.91 Å². The molecule has 4 nitrogen and oxygen atoms in total. The molecule has 0 aliphatic heterocycles. The second kappa shape index (κ2) is 8.36. The number of carbonyl (C=O) groups is 1. The summed E-state index contributed by atoms with van der Waals surface area (Å²) in [5.41, 5.74) is 7.79. The summed E-state index contributed by atoms with van der Waals surface area (Å²) in [6.45, 7) is 3.54. The van der Waals surface area contributed by atoms with Crippen LogP contribution in [0, 0.1) is 18.8 Å². The van der Waals surface area contributed by atoms with Crippen LogP contribution in [0.2, 0.25) is 0 Å². The highest BCUT2D eigenvalue weighted by atomic mass is 16.5. The van der Waals surface area contributed by atoms with E-state index in [9.17, 15) is 4.79 Å². The highest BCUT2D eigenvalue weighted by Crippen LogP contribution is 2.13. The van der Waals surface area contributed by atoms with Gasteiger partial charge in [0.2, 0.25) is 0 Å². The van der Waals surface area contributed by atoms with Gasteiger partial charge in [-0.05, 0) is 25.5 Å². The molecule has 0 fully saturated rings. The first-order chi connectivity index (χ1) is 9.60. The molecule has 0 aliphatic carbocycles. The summed E-state index contributed by atoms with van der Waals surface area (Å²) >= 11 is 0. The van der Waals surface area contributed by atoms with Gasteiger partial charge in [0, 0.05) is 32.9 Å². The van der Waals surface area contributed by atoms with Gasteiger partial charge in [-0.2, -0.15) is 0 Å². The number of ether oxygens (including phenoxy) is 1. The van der Waals surface area contributed by atoms with Crippen LogP contribution in [0.25, 0.3) is 0 Å². The Kier molecular flexibility index (Phi) is 6.78. The molecule has 0 radical (unpaired) electrons. The molecule has 2 N–H and O–H groups in total. The lowest BCUT2D eigenvalue weighted by Crippen LogP contribution is -2.29. The lowest BCUT2D eigenvalue weighted by molar-refractivity contribution is 0.0779. The topological polar surface area (TPSA) is 55.6 Å². The molecule has 1 amide bonds. The third-order valence-corrected chi connectivity index (χ3v) is 2.92. The highest BCUT2D eigenvalue weighted by molar-refractivity contribution is 5.96. The Morgan fingerprint density at radius 3 is 2.85 bits per heavy atom. The number of amides is 1. The van der Waals surface area contributed by atoms with E-state index in [4.69, 9.17) is 10.5 Å². The summed E-state index contributed by atoms with van der Waals surface area (Å²) in [5.74, 6) is 5.73. The van der Waals surface area contributed by atoms with Crippen molar-refractivity contribution in [3.63, 3.8) is 0 Å². The number of aryl methyl sites for hydroxylation is 1. The van der Waals surface area contributed by atoms with Gasteiger partial charge in [-0.25, -0.2) is 0 Å². The Morgan fingerprint density at radius 1 is 1.45 bits per heavy atom. The fourth-order valence-corrected chi connectivity index (χ4v) is 1.84. The maximum Gasteiger partial charge on any atom is 0.254 e. The Bertz CT molecular complexity index is 515. The van der Waals surface area contributed by atoms with Crippen molar-refractivity contribution in [2.45, 2.75) is 13.3 Å². The Labute approximate surface area is 120 Å². The molecule has 1 aromatic carbocycles. The zero-order chi connectivity index (χ0) is 15.0. The minimum atomic E-state index is -0.0221. The molecule has 1 aromatic rings. The number of carbonyl (C=O) groups excluding carboxylic acids is 1. The van der Waals surface area contributed by atoms with E-state index in [0.717, 1.165) is 17.5 Å². The van der Waals surface area contributed by atoms with Crippen LogP contribution < -0.4 is 5.73 Å². The molecule has 0 saturated carbocycles. The highest BCUT2D eigenvalue weighted by Gasteiger charge is 2.15. The average molecular weight is 274 g/mol. The van der Waals surface area contributed by atoms with Crippen LogP contribution in [0.5, 0.6) is 0 Å². The van der Waals surface area contributed by atoms with Crippen molar-refractivity contribution < 1.29 is 9.53 Å². The maximum absolute atomic E-state index is 12.5. The Hall–Kier alpha value is -1.83. The molecule has 1 rings (SSSR count). The molecule has 0 heterocycles. The van der Waals surface area contributed by atoms with E-state index in [-0.39, 0.29) is 12.5 Å². The van der Waals surface area contributed by atoms with Gasteiger partial charge >= 0.3 is 0 Å². The number of hydrogen-bond acceptors (Lipinski definition) is 3. The van der Waals surface area contributed by atoms with E-state index < -0.39 is 0 Å². The van der Waals surface area contributed by atoms with E-state index >= 15 is 0 Å². The van der Waals surface area contributed by atoms with E-state index in [1.807, 2.05) is 25.1 Å². The summed E-state index contributed by atoms with van der Waals surface area (Å²) in [4.78, 5) is 14.2. The number of nitrogens with zero attached hydrogens (tertiary/aromatic N) is 1. The molecule has 0 spiro atoms. The molecule has 0 unspecified atom stereocenters. The first kappa shape index (κ1) is 16.2. The fourth-order valence-electron chi connectivity index (χ4n) is 1.84. The quantitative estimate of drug-likeness (QED) is 0.652. The van der Waals surface area contributed by atoms with Gasteiger partial charge in [-0.15, -0.1) is 0 Å². The number of hydrogen-bond donors (Lipinski definition) is 1. The minimum Gasteiger partial charge on any atom is -0.385 e. The standard InChI is InChI=1S/C16H22N2O2/c1-13-7-8-14(6-4-9-17)15(12-13)16(19)18(2)10-5-11-20-3/h7-8,12H,5,9-11,17H2,1-3H3. The largest absolute Gasteiger partial charge is 0.385 e. The molecular weight excluding hydrogens is 252 g/mol. The normalized spacial score (nSPS) is 9.80. The van der Waals surface area contributed by atoms with Crippen LogP contribution in [-0.2, 0) is 4.74 Å². The van der Waals surface area contributed by atoms with Gasteiger partial charge in [0.1, 0.15) is 0 Å². The smallest absolute Gasteiger partial charge is 0.254 e. The lowest BCUT2D eigenvalue weighted by Gasteiger charge is -2.18. The lowest BCUT2D eigenvalue weighted by atomic mass is 10.0. The molecule has 108 valence electrons. The molecule has 0 saturated heterocycles. The van der Waals surface area contributed by atoms with Crippen LogP contribution in [0.4, 0.5) is 0 Å². The van der Waals surface area contributed by atoms with E-state index in [0.29, 0.717) is 18.7 Å². The monoisotopic (exact) mass is 274 g/mol. The summed E-state index contributed by atoms with van der Waals surface area (Å²) in [6, 6.07) is 5.69. The van der Waals surface area contributed by atoms with E-state index in [1.165, 1.54) is 0 Å². The second-order valence-electron chi connectivity index (χ2n) is 4.63. The molecular formula is C16H22N2O2. The number of nitrogens with two attached hydrogens (primary N) is 1. The average Bonchev–Trinajstić information content (AvgIpc) is 2.45. The molecule has 0 aromatic heterocycles. The Morgan fingerprint density at radius 2 is 2.20 bits per heavy atom. The molecule has 0 aliphatic rings. The number of methoxy groups -OCH3 is 1. The van der Waals surface area contributed by atoms with Gasteiger partial charge in [0.05, 0.1) is 12.1 Å². The third-order valence-electron chi connectivity index (χ3n) is 2.92. The van der Waals surface area contributed by atoms with Gasteiger partial charge in [0.25, 0.3) is 5.91 Å². The molecule has 20 heavy (non-hydrogen) atoms. The van der Waals surface area contributed by atoms with Crippen LogP contribution in [0.15, 0.2) is 18.2 Å². The zero-order valence-electron chi connectivity index (χ0n) is 12.4. The van der Waals surface area contributed by atoms with Crippen molar-refractivity contribution in [1.82, 2.24) is 4.90 Å². The van der Waals surface area contributed by atoms with Crippen molar-refractivity contribution in [2.75, 3.05) is 33.9 Å². The first-order valence-corrected chi connectivity index (χ1v) is 6.64.